The maximum Gasteiger partial charge on any atom is 0.329 e. The molecule has 1 saturated heterocycles. The fourth-order valence-electron chi connectivity index (χ4n) is 5.82. The summed E-state index contributed by atoms with van der Waals surface area (Å²) in [5, 5.41) is 6.90. The summed E-state index contributed by atoms with van der Waals surface area (Å²) in [7, 11) is 0. The Balaban J connectivity index is 1.52. The van der Waals surface area contributed by atoms with Crippen molar-refractivity contribution in [2.24, 2.45) is 11.7 Å². The van der Waals surface area contributed by atoms with Crippen LogP contribution in [0.4, 0.5) is 0 Å². The summed E-state index contributed by atoms with van der Waals surface area (Å²) < 4.78 is 5.63. The minimum absolute atomic E-state index is 0.0532. The van der Waals surface area contributed by atoms with Gasteiger partial charge < -0.3 is 31.0 Å². The number of nitrogens with zero attached hydrogens (tertiary/aromatic N) is 1. The molecule has 3 amide bonds. The number of H-pyrrole nitrogens is 1. The van der Waals surface area contributed by atoms with Gasteiger partial charge in [-0.15, -0.1) is 0 Å². The van der Waals surface area contributed by atoms with Gasteiger partial charge in [-0.3, -0.25) is 14.4 Å². The lowest BCUT2D eigenvalue weighted by molar-refractivity contribution is -0.159. The van der Waals surface area contributed by atoms with Crippen molar-refractivity contribution in [3.8, 4) is 0 Å². The fraction of sp³-hybridized carbons (Fsp3) is 0.486. The van der Waals surface area contributed by atoms with E-state index in [1.807, 2.05) is 55.6 Å². The van der Waals surface area contributed by atoms with Gasteiger partial charge in [0.05, 0.1) is 0 Å². The first-order chi connectivity index (χ1) is 21.5. The van der Waals surface area contributed by atoms with Gasteiger partial charge in [-0.1, -0.05) is 43.3 Å². The molecule has 0 radical (unpaired) electrons. The lowest BCUT2D eigenvalue weighted by Gasteiger charge is -2.33. The molecule has 3 aromatic rings. The lowest BCUT2D eigenvalue weighted by Crippen LogP contribution is -2.55. The number of esters is 1. The number of fused-ring (bicyclic) bond motifs is 1. The Morgan fingerprint density at radius 1 is 0.978 bits per heavy atom. The number of amides is 3. The Hall–Kier alpha value is -4.18. The monoisotopic (exact) mass is 617 g/mol. The van der Waals surface area contributed by atoms with E-state index in [2.05, 4.69) is 15.6 Å². The third-order valence-corrected chi connectivity index (χ3v) is 8.32. The second-order valence-electron chi connectivity index (χ2n) is 12.9. The van der Waals surface area contributed by atoms with Gasteiger partial charge in [-0.2, -0.15) is 0 Å². The van der Waals surface area contributed by atoms with Crippen LogP contribution in [0.25, 0.3) is 10.9 Å². The van der Waals surface area contributed by atoms with Crippen LogP contribution in [0.1, 0.15) is 81.6 Å². The molecule has 0 aliphatic carbocycles. The Morgan fingerprint density at radius 2 is 1.64 bits per heavy atom. The summed E-state index contributed by atoms with van der Waals surface area (Å²) in [5.41, 5.74) is 7.39. The van der Waals surface area contributed by atoms with E-state index in [0.29, 0.717) is 57.3 Å². The standard InChI is InChI=1S/C35H47N5O5/c1-23(27-22-37-28-15-9-8-14-26(27)28)30(32(42)38-29(16-10-11-19-36)34(44)45-35(2,3)4)39-31(41)24-17-20-40(21-18-24)33(43)25-12-6-5-7-13-25/h5-9,12-15,22-24,29-30,37H,10-11,16-21,36H2,1-4H3,(H,38,42)(H,39,41)/t23-,29?,30+/m0/s1. The zero-order valence-electron chi connectivity index (χ0n) is 26.8. The number of nitrogens with two attached hydrogens (primary N) is 1. The number of carbonyl (C=O) groups is 4. The number of hydrogen-bond donors (Lipinski definition) is 4. The highest BCUT2D eigenvalue weighted by atomic mass is 16.6. The molecule has 1 aliphatic rings. The average molecular weight is 618 g/mol. The number of ether oxygens (including phenoxy) is 1. The van der Waals surface area contributed by atoms with E-state index in [1.54, 1.807) is 37.8 Å². The molecule has 10 nitrogen and oxygen atoms in total. The quantitative estimate of drug-likeness (QED) is 0.176. The normalized spacial score (nSPS) is 16.1. The minimum Gasteiger partial charge on any atom is -0.458 e. The molecule has 4 rings (SSSR count). The topological polar surface area (TPSA) is 147 Å². The summed E-state index contributed by atoms with van der Waals surface area (Å²) in [6.45, 7) is 8.61. The maximum absolute atomic E-state index is 14.0. The van der Waals surface area contributed by atoms with Crippen molar-refractivity contribution in [1.29, 1.82) is 0 Å². The molecule has 1 fully saturated rings. The number of likely N-dealkylation sites (tertiary alicyclic amines) is 1. The number of aromatic amines is 1. The van der Waals surface area contributed by atoms with E-state index in [4.69, 9.17) is 10.5 Å². The predicted octanol–water partition coefficient (Wildman–Crippen LogP) is 4.26. The van der Waals surface area contributed by atoms with Gasteiger partial charge in [0.25, 0.3) is 5.91 Å². The Labute approximate surface area is 265 Å². The van der Waals surface area contributed by atoms with E-state index in [-0.39, 0.29) is 17.7 Å². The van der Waals surface area contributed by atoms with Gasteiger partial charge in [0.1, 0.15) is 17.7 Å². The third-order valence-electron chi connectivity index (χ3n) is 8.32. The molecule has 0 spiro atoms. The molecule has 1 aliphatic heterocycles. The van der Waals surface area contributed by atoms with Crippen molar-refractivity contribution in [2.45, 2.75) is 83.4 Å². The molecule has 5 N–H and O–H groups in total. The Bertz CT molecular complexity index is 1460. The van der Waals surface area contributed by atoms with Crippen LogP contribution in [0.2, 0.25) is 0 Å². The number of aromatic nitrogens is 1. The predicted molar refractivity (Wildman–Crippen MR) is 174 cm³/mol. The van der Waals surface area contributed by atoms with Gasteiger partial charge in [-0.05, 0) is 83.2 Å². The number of para-hydroxylation sites is 1. The summed E-state index contributed by atoms with van der Waals surface area (Å²) in [4.78, 5) is 58.8. The van der Waals surface area contributed by atoms with E-state index >= 15 is 0 Å². The van der Waals surface area contributed by atoms with E-state index in [0.717, 1.165) is 16.5 Å². The zero-order chi connectivity index (χ0) is 32.6. The summed E-state index contributed by atoms with van der Waals surface area (Å²) in [6.07, 6.45) is 4.54. The number of piperidine rings is 1. The van der Waals surface area contributed by atoms with Crippen LogP contribution in [0.5, 0.6) is 0 Å². The maximum atomic E-state index is 14.0. The Morgan fingerprint density at radius 3 is 2.31 bits per heavy atom. The molecular formula is C35H47N5O5. The SMILES string of the molecule is C[C@@H](c1c[nH]c2ccccc12)[C@@H](NC(=O)C1CCN(C(=O)c2ccccc2)CC1)C(=O)NC(CCCCN)C(=O)OC(C)(C)C. The molecule has 242 valence electrons. The molecule has 1 aromatic heterocycles. The molecular weight excluding hydrogens is 570 g/mol. The second-order valence-corrected chi connectivity index (χ2v) is 12.9. The van der Waals surface area contributed by atoms with Crippen LogP contribution in [-0.2, 0) is 19.1 Å². The van der Waals surface area contributed by atoms with Crippen molar-refractivity contribution >= 4 is 34.6 Å². The van der Waals surface area contributed by atoms with Crippen molar-refractivity contribution in [1.82, 2.24) is 20.5 Å². The van der Waals surface area contributed by atoms with E-state index in [9.17, 15) is 19.2 Å². The van der Waals surface area contributed by atoms with E-state index in [1.165, 1.54) is 0 Å². The summed E-state index contributed by atoms with van der Waals surface area (Å²) in [6, 6.07) is 15.1. The zero-order valence-corrected chi connectivity index (χ0v) is 26.8. The van der Waals surface area contributed by atoms with Crippen LogP contribution in [0, 0.1) is 5.92 Å². The highest BCUT2D eigenvalue weighted by molar-refractivity contribution is 5.95. The molecule has 0 saturated carbocycles. The summed E-state index contributed by atoms with van der Waals surface area (Å²) in [5.74, 6) is -2.06. The van der Waals surface area contributed by atoms with Crippen LogP contribution in [0.15, 0.2) is 60.8 Å². The highest BCUT2D eigenvalue weighted by Gasteiger charge is 2.36. The number of unbranched alkanes of at least 4 members (excludes halogenated alkanes) is 1. The first kappa shape index (κ1) is 33.7. The van der Waals surface area contributed by atoms with Gasteiger partial charge in [0.2, 0.25) is 11.8 Å². The van der Waals surface area contributed by atoms with Crippen LogP contribution >= 0.6 is 0 Å². The molecule has 1 unspecified atom stereocenters. The van der Waals surface area contributed by atoms with Gasteiger partial charge in [0, 0.05) is 47.6 Å². The van der Waals surface area contributed by atoms with Gasteiger partial charge in [0.15, 0.2) is 0 Å². The second kappa shape index (κ2) is 15.2. The van der Waals surface area contributed by atoms with Crippen molar-refractivity contribution in [3.05, 3.63) is 71.9 Å². The van der Waals surface area contributed by atoms with Crippen LogP contribution in [0.3, 0.4) is 0 Å². The Kier molecular flexibility index (Phi) is 11.4. The molecule has 2 heterocycles. The van der Waals surface area contributed by atoms with Crippen molar-refractivity contribution < 1.29 is 23.9 Å². The average Bonchev–Trinajstić information content (AvgIpc) is 3.46. The fourth-order valence-corrected chi connectivity index (χ4v) is 5.82. The van der Waals surface area contributed by atoms with Gasteiger partial charge in [-0.25, -0.2) is 4.79 Å². The molecule has 2 aromatic carbocycles. The van der Waals surface area contributed by atoms with Gasteiger partial charge >= 0.3 is 5.97 Å². The number of rotatable bonds is 12. The molecule has 45 heavy (non-hydrogen) atoms. The van der Waals surface area contributed by atoms with E-state index < -0.39 is 35.5 Å². The molecule has 0 bridgehead atoms. The highest BCUT2D eigenvalue weighted by Crippen LogP contribution is 2.29. The minimum atomic E-state index is -0.958. The molecule has 10 heteroatoms. The van der Waals surface area contributed by atoms with Crippen LogP contribution in [-0.4, -0.2) is 70.9 Å². The lowest BCUT2D eigenvalue weighted by atomic mass is 9.90. The summed E-state index contributed by atoms with van der Waals surface area (Å²) >= 11 is 0. The van der Waals surface area contributed by atoms with Crippen molar-refractivity contribution in [3.63, 3.8) is 0 Å². The largest absolute Gasteiger partial charge is 0.458 e. The van der Waals surface area contributed by atoms with Crippen LogP contribution < -0.4 is 16.4 Å². The number of nitrogens with one attached hydrogen (secondary N) is 3. The third kappa shape index (κ3) is 8.94. The first-order valence-electron chi connectivity index (χ1n) is 15.9. The first-order valence-corrected chi connectivity index (χ1v) is 15.9. The number of benzene rings is 2. The number of hydrogen-bond acceptors (Lipinski definition) is 6. The number of carbonyl (C=O) groups excluding carboxylic acids is 4. The molecule has 3 atom stereocenters. The van der Waals surface area contributed by atoms with Crippen molar-refractivity contribution in [2.75, 3.05) is 19.6 Å². The smallest absolute Gasteiger partial charge is 0.329 e.